The highest BCUT2D eigenvalue weighted by atomic mass is 79.9. The molecule has 0 fully saturated rings. The molecule has 0 aliphatic rings. The van der Waals surface area contributed by atoms with Crippen molar-refractivity contribution in [3.05, 3.63) is 29.8 Å². The molecule has 0 aliphatic carbocycles. The number of amidine groups is 1. The first-order chi connectivity index (χ1) is 8.34. The van der Waals surface area contributed by atoms with Gasteiger partial charge in [0.05, 0.1) is 0 Å². The van der Waals surface area contributed by atoms with Crippen LogP contribution in [0.15, 0.2) is 24.3 Å². The van der Waals surface area contributed by atoms with E-state index < -0.39 is 0 Å². The lowest BCUT2D eigenvalue weighted by molar-refractivity contribution is 0.627. The minimum Gasteiger partial charge on any atom is -0.355 e. The van der Waals surface area contributed by atoms with Crippen LogP contribution in [-0.4, -0.2) is 29.9 Å². The number of hydrogen-bond donors (Lipinski definition) is 1. The van der Waals surface area contributed by atoms with E-state index in [4.69, 9.17) is 17.6 Å². The minimum atomic E-state index is 0. The van der Waals surface area contributed by atoms with E-state index in [0.717, 1.165) is 5.69 Å². The highest BCUT2D eigenvalue weighted by Gasteiger charge is 2.15. The van der Waals surface area contributed by atoms with Crippen LogP contribution in [0.4, 0.5) is 5.69 Å². The van der Waals surface area contributed by atoms with Gasteiger partial charge in [-0.05, 0) is 42.8 Å². The Morgan fingerprint density at radius 2 is 1.63 bits per heavy atom. The molecule has 0 aromatic heterocycles. The van der Waals surface area contributed by atoms with E-state index in [9.17, 15) is 0 Å². The number of benzene rings is 1. The van der Waals surface area contributed by atoms with Crippen LogP contribution >= 0.6 is 29.2 Å². The summed E-state index contributed by atoms with van der Waals surface area (Å²) in [6.07, 6.45) is 0. The summed E-state index contributed by atoms with van der Waals surface area (Å²) in [6, 6.07) is 8.22. The van der Waals surface area contributed by atoms with Crippen molar-refractivity contribution >= 4 is 45.8 Å². The Morgan fingerprint density at radius 1 is 1.16 bits per heavy atom. The fourth-order valence-electron chi connectivity index (χ4n) is 1.66. The predicted molar refractivity (Wildman–Crippen MR) is 93.0 cm³/mol. The van der Waals surface area contributed by atoms with Crippen molar-refractivity contribution < 1.29 is 0 Å². The molecular weight excluding hydrogens is 322 g/mol. The van der Waals surface area contributed by atoms with Crippen molar-refractivity contribution in [2.45, 2.75) is 26.7 Å². The fraction of sp³-hybridized carbons (Fsp3) is 0.429. The second-order valence-corrected chi connectivity index (χ2v) is 5.21. The number of rotatable bonds is 2. The molecule has 106 valence electrons. The number of anilines is 1. The average Bonchev–Trinajstić information content (AvgIpc) is 2.29. The number of nitrogens with one attached hydrogen (secondary N) is 1. The summed E-state index contributed by atoms with van der Waals surface area (Å²) in [7, 11) is 3.78. The van der Waals surface area contributed by atoms with Crippen molar-refractivity contribution in [1.29, 1.82) is 5.41 Å². The topological polar surface area (TPSA) is 30.3 Å². The first kappa shape index (κ1) is 18.1. The number of halogens is 1. The molecule has 3 nitrogen and oxygen atoms in total. The molecule has 0 bridgehead atoms. The molecule has 0 heterocycles. The third kappa shape index (κ3) is 4.58. The Labute approximate surface area is 131 Å². The molecule has 19 heavy (non-hydrogen) atoms. The maximum Gasteiger partial charge on any atom is 0.181 e. The van der Waals surface area contributed by atoms with E-state index in [-0.39, 0.29) is 17.0 Å². The van der Waals surface area contributed by atoms with E-state index in [1.807, 2.05) is 31.1 Å². The Kier molecular flexibility index (Phi) is 7.23. The molecule has 1 aromatic rings. The molecule has 0 unspecified atom stereocenters. The predicted octanol–water partition coefficient (Wildman–Crippen LogP) is 4.04. The minimum absolute atomic E-state index is 0. The van der Waals surface area contributed by atoms with Crippen molar-refractivity contribution in [3.8, 4) is 0 Å². The van der Waals surface area contributed by atoms with Crippen LogP contribution in [0.1, 0.15) is 32.3 Å². The lowest BCUT2D eigenvalue weighted by atomic mass is 10.0. The van der Waals surface area contributed by atoms with Gasteiger partial charge in [-0.1, -0.05) is 26.0 Å². The summed E-state index contributed by atoms with van der Waals surface area (Å²) in [5, 5.41) is 8.49. The Hall–Kier alpha value is -0.940. The lowest BCUT2D eigenvalue weighted by Crippen LogP contribution is -2.41. The van der Waals surface area contributed by atoms with Crippen LogP contribution in [0.25, 0.3) is 0 Å². The summed E-state index contributed by atoms with van der Waals surface area (Å²) in [5.41, 5.74) is 2.22. The molecule has 0 saturated carbocycles. The summed E-state index contributed by atoms with van der Waals surface area (Å²) < 4.78 is 0. The van der Waals surface area contributed by atoms with Crippen LogP contribution in [0.5, 0.6) is 0 Å². The quantitative estimate of drug-likeness (QED) is 0.499. The second-order valence-electron chi connectivity index (χ2n) is 4.84. The first-order valence-electron chi connectivity index (χ1n) is 6.01. The zero-order valence-corrected chi connectivity index (χ0v) is 14.6. The molecule has 1 rings (SSSR count). The molecular formula is C14H22BrN3S. The molecule has 0 atom stereocenters. The van der Waals surface area contributed by atoms with Gasteiger partial charge >= 0.3 is 0 Å². The zero-order valence-electron chi connectivity index (χ0n) is 12.1. The van der Waals surface area contributed by atoms with Gasteiger partial charge < -0.3 is 4.90 Å². The summed E-state index contributed by atoms with van der Waals surface area (Å²) in [6.45, 7) is 6.07. The van der Waals surface area contributed by atoms with Crippen LogP contribution in [0.2, 0.25) is 0 Å². The van der Waals surface area contributed by atoms with Crippen LogP contribution in [-0.2, 0) is 0 Å². The molecule has 1 N–H and O–H groups in total. The van der Waals surface area contributed by atoms with Gasteiger partial charge in [-0.15, -0.1) is 17.0 Å². The zero-order chi connectivity index (χ0) is 13.9. The molecule has 0 saturated heterocycles. The first-order valence-corrected chi connectivity index (χ1v) is 6.42. The number of nitrogens with zero attached hydrogens (tertiary/aromatic N) is 2. The van der Waals surface area contributed by atoms with Crippen molar-refractivity contribution in [2.75, 3.05) is 19.0 Å². The highest BCUT2D eigenvalue weighted by Crippen LogP contribution is 2.21. The van der Waals surface area contributed by atoms with Crippen LogP contribution in [0, 0.1) is 5.41 Å². The molecule has 0 spiro atoms. The Bertz CT molecular complexity index is 441. The second kappa shape index (κ2) is 7.60. The van der Waals surface area contributed by atoms with E-state index in [1.165, 1.54) is 5.56 Å². The van der Waals surface area contributed by atoms with E-state index in [1.54, 1.807) is 11.8 Å². The fourth-order valence-corrected chi connectivity index (χ4v) is 1.90. The molecule has 0 amide bonds. The molecule has 1 aromatic carbocycles. The third-order valence-electron chi connectivity index (χ3n) is 2.73. The van der Waals surface area contributed by atoms with Gasteiger partial charge in [-0.3, -0.25) is 10.3 Å². The highest BCUT2D eigenvalue weighted by molar-refractivity contribution is 8.93. The summed E-state index contributed by atoms with van der Waals surface area (Å²) >= 11 is 5.35. The van der Waals surface area contributed by atoms with Gasteiger partial charge in [0.1, 0.15) is 5.84 Å². The van der Waals surface area contributed by atoms with E-state index >= 15 is 0 Å². The summed E-state index contributed by atoms with van der Waals surface area (Å²) in [4.78, 5) is 3.60. The standard InChI is InChI=1S/C14H21N3S.BrH/c1-10(2)12-6-8-13(9-7-12)17(11(3)15)14(18)16(4)5;/h6-10,15H,1-5H3;1H. The maximum atomic E-state index is 7.86. The Morgan fingerprint density at radius 3 is 1.95 bits per heavy atom. The Balaban J connectivity index is 0.00000324. The number of thiocarbonyl (C=S) groups is 1. The maximum absolute atomic E-state index is 7.86. The smallest absolute Gasteiger partial charge is 0.181 e. The monoisotopic (exact) mass is 343 g/mol. The average molecular weight is 344 g/mol. The van der Waals surface area contributed by atoms with Gasteiger partial charge in [0, 0.05) is 19.8 Å². The normalized spacial score (nSPS) is 9.79. The summed E-state index contributed by atoms with van der Waals surface area (Å²) in [5.74, 6) is 0.931. The SMILES string of the molecule is Br.CC(=N)N(C(=S)N(C)C)c1ccc(C(C)C)cc1. The van der Waals surface area contributed by atoms with Crippen molar-refractivity contribution in [2.24, 2.45) is 0 Å². The van der Waals surface area contributed by atoms with E-state index in [0.29, 0.717) is 16.9 Å². The molecule has 5 heteroatoms. The van der Waals surface area contributed by atoms with Gasteiger partial charge in [-0.25, -0.2) is 0 Å². The van der Waals surface area contributed by atoms with Crippen molar-refractivity contribution in [3.63, 3.8) is 0 Å². The van der Waals surface area contributed by atoms with E-state index in [2.05, 4.69) is 26.0 Å². The lowest BCUT2D eigenvalue weighted by Gasteiger charge is -2.28. The largest absolute Gasteiger partial charge is 0.355 e. The van der Waals surface area contributed by atoms with Gasteiger partial charge in [0.2, 0.25) is 0 Å². The van der Waals surface area contributed by atoms with Crippen LogP contribution < -0.4 is 4.90 Å². The third-order valence-corrected chi connectivity index (χ3v) is 3.27. The van der Waals surface area contributed by atoms with Crippen molar-refractivity contribution in [1.82, 2.24) is 4.90 Å². The molecule has 0 radical (unpaired) electrons. The van der Waals surface area contributed by atoms with Gasteiger partial charge in [0.25, 0.3) is 0 Å². The van der Waals surface area contributed by atoms with Crippen LogP contribution in [0.3, 0.4) is 0 Å². The number of hydrogen-bond acceptors (Lipinski definition) is 2. The van der Waals surface area contributed by atoms with Gasteiger partial charge in [0.15, 0.2) is 5.11 Å². The molecule has 0 aliphatic heterocycles. The van der Waals surface area contributed by atoms with Gasteiger partial charge in [-0.2, -0.15) is 0 Å².